The molecule has 0 spiro atoms. The van der Waals surface area contributed by atoms with Crippen molar-refractivity contribution in [2.24, 2.45) is 0 Å². The van der Waals surface area contributed by atoms with Gasteiger partial charge in [0.15, 0.2) is 0 Å². The minimum Gasteiger partial charge on any atom is -0.337 e. The maximum absolute atomic E-state index is 12.3. The number of sulfonamides is 1. The molecule has 0 unspecified atom stereocenters. The number of rotatable bonds is 3. The summed E-state index contributed by atoms with van der Waals surface area (Å²) in [5.74, 6) is -0.0912. The lowest BCUT2D eigenvalue weighted by molar-refractivity contribution is 0.0705. The Bertz CT molecular complexity index is 593. The minimum absolute atomic E-state index is 0.0838. The van der Waals surface area contributed by atoms with E-state index in [0.717, 1.165) is 11.9 Å². The first-order valence-corrected chi connectivity index (χ1v) is 8.44. The van der Waals surface area contributed by atoms with Crippen LogP contribution in [0.25, 0.3) is 0 Å². The van der Waals surface area contributed by atoms with Crippen LogP contribution in [0, 0.1) is 6.92 Å². The molecule has 0 radical (unpaired) electrons. The van der Waals surface area contributed by atoms with E-state index in [1.54, 1.807) is 11.0 Å². The summed E-state index contributed by atoms with van der Waals surface area (Å²) in [5, 5.41) is 0. The summed E-state index contributed by atoms with van der Waals surface area (Å²) >= 11 is 0. The first-order valence-electron chi connectivity index (χ1n) is 6.55. The predicted molar refractivity (Wildman–Crippen MR) is 75.9 cm³/mol. The van der Waals surface area contributed by atoms with E-state index in [-0.39, 0.29) is 11.9 Å². The number of nitrogens with zero attached hydrogens (tertiary/aromatic N) is 2. The van der Waals surface area contributed by atoms with Gasteiger partial charge in [0.05, 0.1) is 6.26 Å². The van der Waals surface area contributed by atoms with Crippen molar-refractivity contribution in [1.82, 2.24) is 14.6 Å². The van der Waals surface area contributed by atoms with Crippen LogP contribution in [0.5, 0.6) is 0 Å². The molecule has 1 saturated heterocycles. The van der Waals surface area contributed by atoms with Gasteiger partial charge in [-0.25, -0.2) is 18.1 Å². The lowest BCUT2D eigenvalue weighted by Gasteiger charge is -2.31. The number of carbonyl (C=O) groups is 1. The van der Waals surface area contributed by atoms with E-state index in [0.29, 0.717) is 31.6 Å². The molecule has 1 fully saturated rings. The van der Waals surface area contributed by atoms with Gasteiger partial charge in [-0.3, -0.25) is 4.79 Å². The molecule has 1 aliphatic rings. The van der Waals surface area contributed by atoms with Crippen molar-refractivity contribution in [3.8, 4) is 0 Å². The number of pyridine rings is 1. The Labute approximate surface area is 119 Å². The molecule has 0 aliphatic carbocycles. The number of aryl methyl sites for hydroxylation is 1. The van der Waals surface area contributed by atoms with Crippen LogP contribution >= 0.6 is 0 Å². The van der Waals surface area contributed by atoms with Gasteiger partial charge >= 0.3 is 0 Å². The maximum Gasteiger partial charge on any atom is 0.272 e. The van der Waals surface area contributed by atoms with Gasteiger partial charge < -0.3 is 4.90 Å². The normalized spacial score (nSPS) is 17.2. The molecule has 2 heterocycles. The number of nitrogens with one attached hydrogen (secondary N) is 1. The first kappa shape index (κ1) is 14.9. The van der Waals surface area contributed by atoms with Crippen molar-refractivity contribution in [3.63, 3.8) is 0 Å². The molecule has 1 N–H and O–H groups in total. The quantitative estimate of drug-likeness (QED) is 0.883. The summed E-state index contributed by atoms with van der Waals surface area (Å²) in [6, 6.07) is 5.28. The number of carbonyl (C=O) groups excluding carboxylic acids is 1. The molecule has 0 saturated carbocycles. The van der Waals surface area contributed by atoms with Crippen LogP contribution in [0.1, 0.15) is 29.0 Å². The fraction of sp³-hybridized carbons (Fsp3) is 0.538. The second-order valence-electron chi connectivity index (χ2n) is 5.12. The van der Waals surface area contributed by atoms with Crippen molar-refractivity contribution < 1.29 is 13.2 Å². The van der Waals surface area contributed by atoms with Crippen molar-refractivity contribution in [1.29, 1.82) is 0 Å². The zero-order chi connectivity index (χ0) is 14.8. The average molecular weight is 297 g/mol. The summed E-state index contributed by atoms with van der Waals surface area (Å²) in [6.07, 6.45) is 2.41. The van der Waals surface area contributed by atoms with Gasteiger partial charge in [-0.1, -0.05) is 6.07 Å². The molecular weight excluding hydrogens is 278 g/mol. The van der Waals surface area contributed by atoms with Crippen LogP contribution in [0.4, 0.5) is 0 Å². The Kier molecular flexibility index (Phi) is 4.39. The summed E-state index contributed by atoms with van der Waals surface area (Å²) in [6.45, 7) is 2.93. The number of piperidine rings is 1. The standard InChI is InChI=1S/C13H19N3O3S/c1-10-4-3-5-12(14-10)13(17)16-8-6-11(7-9-16)15-20(2,18)19/h3-5,11,15H,6-9H2,1-2H3. The largest absolute Gasteiger partial charge is 0.337 e. The highest BCUT2D eigenvalue weighted by atomic mass is 32.2. The van der Waals surface area contributed by atoms with Crippen LogP contribution in [0.15, 0.2) is 18.2 Å². The molecular formula is C13H19N3O3S. The lowest BCUT2D eigenvalue weighted by Crippen LogP contribution is -2.46. The van der Waals surface area contributed by atoms with E-state index < -0.39 is 10.0 Å². The first-order chi connectivity index (χ1) is 9.35. The molecule has 1 aliphatic heterocycles. The van der Waals surface area contributed by atoms with Crippen LogP contribution in [-0.2, 0) is 10.0 Å². The number of likely N-dealkylation sites (tertiary alicyclic amines) is 1. The van der Waals surface area contributed by atoms with E-state index in [1.165, 1.54) is 0 Å². The Morgan fingerprint density at radius 3 is 2.55 bits per heavy atom. The van der Waals surface area contributed by atoms with Crippen molar-refractivity contribution in [3.05, 3.63) is 29.6 Å². The molecule has 1 aromatic rings. The summed E-state index contributed by atoms with van der Waals surface area (Å²) < 4.78 is 24.9. The van der Waals surface area contributed by atoms with Crippen LogP contribution in [0.3, 0.4) is 0 Å². The second-order valence-corrected chi connectivity index (χ2v) is 6.90. The van der Waals surface area contributed by atoms with E-state index in [4.69, 9.17) is 0 Å². The van der Waals surface area contributed by atoms with Gasteiger partial charge in [-0.2, -0.15) is 0 Å². The van der Waals surface area contributed by atoms with Crippen molar-refractivity contribution in [2.45, 2.75) is 25.8 Å². The minimum atomic E-state index is -3.19. The number of hydrogen-bond acceptors (Lipinski definition) is 4. The number of aromatic nitrogens is 1. The van der Waals surface area contributed by atoms with E-state index >= 15 is 0 Å². The highest BCUT2D eigenvalue weighted by molar-refractivity contribution is 7.88. The fourth-order valence-electron chi connectivity index (χ4n) is 2.33. The number of amides is 1. The van der Waals surface area contributed by atoms with Gasteiger partial charge in [0, 0.05) is 24.8 Å². The van der Waals surface area contributed by atoms with E-state index in [2.05, 4.69) is 9.71 Å². The van der Waals surface area contributed by atoms with Crippen molar-refractivity contribution in [2.75, 3.05) is 19.3 Å². The predicted octanol–water partition coefficient (Wildman–Crippen LogP) is 0.544. The number of hydrogen-bond donors (Lipinski definition) is 1. The highest BCUT2D eigenvalue weighted by Gasteiger charge is 2.25. The molecule has 0 bridgehead atoms. The van der Waals surface area contributed by atoms with Gasteiger partial charge in [0.25, 0.3) is 5.91 Å². The van der Waals surface area contributed by atoms with Gasteiger partial charge in [0.2, 0.25) is 10.0 Å². The Balaban J connectivity index is 1.95. The van der Waals surface area contributed by atoms with E-state index in [1.807, 2.05) is 19.1 Å². The molecule has 110 valence electrons. The van der Waals surface area contributed by atoms with Crippen LogP contribution in [0.2, 0.25) is 0 Å². The SMILES string of the molecule is Cc1cccc(C(=O)N2CCC(NS(C)(=O)=O)CC2)n1. The maximum atomic E-state index is 12.3. The zero-order valence-corrected chi connectivity index (χ0v) is 12.5. The topological polar surface area (TPSA) is 79.4 Å². The molecule has 1 amide bonds. The van der Waals surface area contributed by atoms with Gasteiger partial charge in [-0.15, -0.1) is 0 Å². The van der Waals surface area contributed by atoms with Crippen molar-refractivity contribution >= 4 is 15.9 Å². The fourth-order valence-corrected chi connectivity index (χ4v) is 3.17. The van der Waals surface area contributed by atoms with E-state index in [9.17, 15) is 13.2 Å². The van der Waals surface area contributed by atoms with Gasteiger partial charge in [0.1, 0.15) is 5.69 Å². The Morgan fingerprint density at radius 2 is 2.00 bits per heavy atom. The molecule has 1 aromatic heterocycles. The lowest BCUT2D eigenvalue weighted by atomic mass is 10.1. The Hall–Kier alpha value is -1.47. The molecule has 20 heavy (non-hydrogen) atoms. The summed E-state index contributed by atoms with van der Waals surface area (Å²) in [4.78, 5) is 18.2. The molecule has 7 heteroatoms. The highest BCUT2D eigenvalue weighted by Crippen LogP contribution is 2.14. The van der Waals surface area contributed by atoms with Crippen LogP contribution in [-0.4, -0.2) is 49.6 Å². The monoisotopic (exact) mass is 297 g/mol. The third-order valence-electron chi connectivity index (χ3n) is 3.27. The summed E-state index contributed by atoms with van der Waals surface area (Å²) in [5.41, 5.74) is 1.25. The second kappa shape index (κ2) is 5.88. The smallest absolute Gasteiger partial charge is 0.272 e. The molecule has 6 nitrogen and oxygen atoms in total. The Morgan fingerprint density at radius 1 is 1.35 bits per heavy atom. The average Bonchev–Trinajstić information content (AvgIpc) is 2.37. The molecule has 0 aromatic carbocycles. The third-order valence-corrected chi connectivity index (χ3v) is 4.03. The summed E-state index contributed by atoms with van der Waals surface area (Å²) in [7, 11) is -3.19. The third kappa shape index (κ3) is 4.01. The van der Waals surface area contributed by atoms with Crippen LogP contribution < -0.4 is 4.72 Å². The molecule has 2 rings (SSSR count). The zero-order valence-electron chi connectivity index (χ0n) is 11.7. The molecule has 0 atom stereocenters. The van der Waals surface area contributed by atoms with Gasteiger partial charge in [-0.05, 0) is 31.9 Å².